The number of hydrogen-bond donors (Lipinski definition) is 6. The molecule has 1 aliphatic carbocycles. The SMILES string of the molecule is CC1(C)CC(NC(=O)C(=O)NNc2ccc(NS(=O)(=O)c3cccc(NC(=O)CSC4CCCCC4)c3)cc2)CC(C)(C)N1. The lowest BCUT2D eigenvalue weighted by Crippen LogP contribution is -2.63. The summed E-state index contributed by atoms with van der Waals surface area (Å²) in [6.45, 7) is 8.25. The second-order valence-corrected chi connectivity index (χ2v) is 15.9. The lowest BCUT2D eigenvalue weighted by atomic mass is 9.79. The number of nitrogens with one attached hydrogen (secondary N) is 6. The number of sulfonamides is 1. The third-order valence-corrected chi connectivity index (χ3v) is 10.4. The highest BCUT2D eigenvalue weighted by atomic mass is 32.2. The Balaban J connectivity index is 1.25. The van der Waals surface area contributed by atoms with E-state index in [1.54, 1.807) is 36.0 Å². The molecule has 2 aromatic rings. The fourth-order valence-corrected chi connectivity index (χ4v) is 8.29. The van der Waals surface area contributed by atoms with Gasteiger partial charge in [-0.2, -0.15) is 0 Å². The highest BCUT2D eigenvalue weighted by Crippen LogP contribution is 2.29. The zero-order chi connectivity index (χ0) is 32.0. The number of hydrogen-bond acceptors (Lipinski definition) is 8. The fraction of sp³-hybridized carbons (Fsp3) is 0.516. The first-order valence-electron chi connectivity index (χ1n) is 15.0. The summed E-state index contributed by atoms with van der Waals surface area (Å²) in [6.07, 6.45) is 7.33. The van der Waals surface area contributed by atoms with Crippen molar-refractivity contribution in [2.24, 2.45) is 0 Å². The fourth-order valence-electron chi connectivity index (χ4n) is 6.06. The zero-order valence-electron chi connectivity index (χ0n) is 25.8. The van der Waals surface area contributed by atoms with Gasteiger partial charge in [0, 0.05) is 33.7 Å². The van der Waals surface area contributed by atoms with Crippen molar-refractivity contribution in [1.29, 1.82) is 0 Å². The standard InChI is InChI=1S/C31H44N6O5S2/c1-30(2)18-24(19-31(3,4)37-30)33-28(39)29(40)35-34-21-13-15-22(16-14-21)36-44(41,42)26-12-8-9-23(17-26)32-27(38)20-43-25-10-6-5-7-11-25/h8-9,12-17,24-25,34,36-37H,5-7,10-11,18-20H2,1-4H3,(H,32,38)(H,33,39)(H,35,40). The van der Waals surface area contributed by atoms with Gasteiger partial charge in [-0.05, 0) is 95.8 Å². The van der Waals surface area contributed by atoms with Gasteiger partial charge in [0.2, 0.25) is 5.91 Å². The summed E-state index contributed by atoms with van der Waals surface area (Å²) in [5.41, 5.74) is 5.87. The van der Waals surface area contributed by atoms with Crippen LogP contribution < -0.4 is 31.5 Å². The summed E-state index contributed by atoms with van der Waals surface area (Å²) >= 11 is 1.66. The molecule has 1 saturated heterocycles. The predicted molar refractivity (Wildman–Crippen MR) is 176 cm³/mol. The molecule has 1 heterocycles. The molecule has 0 aromatic heterocycles. The molecule has 0 radical (unpaired) electrons. The molecule has 0 unspecified atom stereocenters. The molecule has 3 amide bonds. The quantitative estimate of drug-likeness (QED) is 0.165. The van der Waals surface area contributed by atoms with E-state index in [9.17, 15) is 22.8 Å². The van der Waals surface area contributed by atoms with Gasteiger partial charge in [0.1, 0.15) is 0 Å². The van der Waals surface area contributed by atoms with Crippen molar-refractivity contribution in [3.05, 3.63) is 48.5 Å². The summed E-state index contributed by atoms with van der Waals surface area (Å²) in [5.74, 6) is -1.39. The van der Waals surface area contributed by atoms with Gasteiger partial charge in [-0.15, -0.1) is 11.8 Å². The average Bonchev–Trinajstić information content (AvgIpc) is 2.94. The summed E-state index contributed by atoms with van der Waals surface area (Å²) < 4.78 is 28.6. The van der Waals surface area contributed by atoms with Crippen LogP contribution in [0.4, 0.5) is 17.1 Å². The minimum Gasteiger partial charge on any atom is -0.345 e. The van der Waals surface area contributed by atoms with Crippen LogP contribution in [0.5, 0.6) is 0 Å². The third kappa shape index (κ3) is 10.1. The molecule has 240 valence electrons. The normalized spacial score (nSPS) is 18.5. The molecule has 4 rings (SSSR count). The molecule has 0 bridgehead atoms. The van der Waals surface area contributed by atoms with Crippen LogP contribution in [0.3, 0.4) is 0 Å². The zero-order valence-corrected chi connectivity index (χ0v) is 27.4. The number of benzene rings is 2. The van der Waals surface area contributed by atoms with Crippen molar-refractivity contribution in [3.8, 4) is 0 Å². The summed E-state index contributed by atoms with van der Waals surface area (Å²) in [4.78, 5) is 37.4. The minimum atomic E-state index is -3.94. The Labute approximate surface area is 264 Å². The van der Waals surface area contributed by atoms with Crippen LogP contribution in [0.25, 0.3) is 0 Å². The van der Waals surface area contributed by atoms with Crippen LogP contribution in [0.15, 0.2) is 53.4 Å². The number of piperidine rings is 1. The van der Waals surface area contributed by atoms with E-state index >= 15 is 0 Å². The minimum absolute atomic E-state index is 0.0104. The molecule has 1 saturated carbocycles. The Morgan fingerprint density at radius 3 is 2.16 bits per heavy atom. The highest BCUT2D eigenvalue weighted by Gasteiger charge is 2.38. The Hall–Kier alpha value is -3.29. The molecule has 6 N–H and O–H groups in total. The average molecular weight is 645 g/mol. The number of rotatable bonds is 10. The molecule has 1 aliphatic heterocycles. The van der Waals surface area contributed by atoms with E-state index in [2.05, 4.69) is 59.2 Å². The van der Waals surface area contributed by atoms with Crippen LogP contribution in [-0.4, -0.2) is 54.3 Å². The molecule has 2 fully saturated rings. The Kier molecular flexibility index (Phi) is 10.9. The lowest BCUT2D eigenvalue weighted by Gasteiger charge is -2.46. The molecular weight excluding hydrogens is 601 g/mol. The largest absolute Gasteiger partial charge is 0.345 e. The van der Waals surface area contributed by atoms with Crippen molar-refractivity contribution in [2.75, 3.05) is 21.2 Å². The first-order chi connectivity index (χ1) is 20.7. The van der Waals surface area contributed by atoms with E-state index in [0.29, 0.717) is 40.9 Å². The number of carbonyl (C=O) groups excluding carboxylic acids is 3. The van der Waals surface area contributed by atoms with Gasteiger partial charge in [0.15, 0.2) is 0 Å². The van der Waals surface area contributed by atoms with Crippen molar-refractivity contribution >= 4 is 56.6 Å². The van der Waals surface area contributed by atoms with E-state index in [-0.39, 0.29) is 27.9 Å². The van der Waals surface area contributed by atoms with Gasteiger partial charge >= 0.3 is 11.8 Å². The van der Waals surface area contributed by atoms with Crippen LogP contribution in [0.1, 0.15) is 72.6 Å². The number of anilines is 3. The maximum atomic E-state index is 13.0. The highest BCUT2D eigenvalue weighted by molar-refractivity contribution is 8.00. The Bertz CT molecular complexity index is 1420. The second kappa shape index (κ2) is 14.2. The van der Waals surface area contributed by atoms with Crippen LogP contribution in [0.2, 0.25) is 0 Å². The van der Waals surface area contributed by atoms with Crippen LogP contribution in [0, 0.1) is 0 Å². The molecule has 11 nitrogen and oxygen atoms in total. The number of carbonyl (C=O) groups is 3. The molecule has 44 heavy (non-hydrogen) atoms. The Morgan fingerprint density at radius 1 is 0.864 bits per heavy atom. The van der Waals surface area contributed by atoms with Gasteiger partial charge in [0.05, 0.1) is 16.3 Å². The maximum Gasteiger partial charge on any atom is 0.327 e. The van der Waals surface area contributed by atoms with Gasteiger partial charge in [-0.25, -0.2) is 8.42 Å². The third-order valence-electron chi connectivity index (χ3n) is 7.62. The first-order valence-corrected chi connectivity index (χ1v) is 17.5. The molecule has 13 heteroatoms. The summed E-state index contributed by atoms with van der Waals surface area (Å²) in [5, 5.41) is 9.66. The van der Waals surface area contributed by atoms with Gasteiger partial charge < -0.3 is 16.0 Å². The number of amides is 3. The molecule has 2 aromatic carbocycles. The summed E-state index contributed by atoms with van der Waals surface area (Å²) in [7, 11) is -3.94. The van der Waals surface area contributed by atoms with Crippen molar-refractivity contribution < 1.29 is 22.8 Å². The van der Waals surface area contributed by atoms with Gasteiger partial charge in [-0.1, -0.05) is 25.3 Å². The smallest absolute Gasteiger partial charge is 0.327 e. The van der Waals surface area contributed by atoms with E-state index in [0.717, 1.165) is 12.8 Å². The van der Waals surface area contributed by atoms with Gasteiger partial charge in [-0.3, -0.25) is 30.0 Å². The molecule has 0 spiro atoms. The molecular formula is C31H44N6O5S2. The van der Waals surface area contributed by atoms with Crippen molar-refractivity contribution in [3.63, 3.8) is 0 Å². The first kappa shape index (κ1) is 33.6. The number of hydrazine groups is 1. The second-order valence-electron chi connectivity index (χ2n) is 12.9. The van der Waals surface area contributed by atoms with Gasteiger partial charge in [0.25, 0.3) is 10.0 Å². The topological polar surface area (TPSA) is 158 Å². The monoisotopic (exact) mass is 644 g/mol. The number of thioether (sulfide) groups is 1. The van der Waals surface area contributed by atoms with E-state index in [4.69, 9.17) is 0 Å². The maximum absolute atomic E-state index is 13.0. The van der Waals surface area contributed by atoms with E-state index in [1.165, 1.54) is 43.5 Å². The molecule has 2 aliphatic rings. The van der Waals surface area contributed by atoms with Crippen molar-refractivity contribution in [1.82, 2.24) is 16.1 Å². The summed E-state index contributed by atoms with van der Waals surface area (Å²) in [6, 6.07) is 12.2. The molecule has 0 atom stereocenters. The van der Waals surface area contributed by atoms with E-state index in [1.807, 2.05) is 0 Å². The lowest BCUT2D eigenvalue weighted by molar-refractivity contribution is -0.139. The van der Waals surface area contributed by atoms with Crippen molar-refractivity contribution in [2.45, 2.75) is 99.9 Å². The van der Waals surface area contributed by atoms with E-state index < -0.39 is 21.8 Å². The predicted octanol–water partition coefficient (Wildman–Crippen LogP) is 4.36. The van der Waals surface area contributed by atoms with Crippen LogP contribution >= 0.6 is 11.8 Å². The Morgan fingerprint density at radius 2 is 1.50 bits per heavy atom. The van der Waals surface area contributed by atoms with Crippen LogP contribution in [-0.2, 0) is 24.4 Å².